The van der Waals surface area contributed by atoms with Crippen molar-refractivity contribution in [1.82, 2.24) is 4.31 Å². The third-order valence-electron chi connectivity index (χ3n) is 6.87. The van der Waals surface area contributed by atoms with Crippen molar-refractivity contribution in [2.75, 3.05) is 27.4 Å². The van der Waals surface area contributed by atoms with E-state index in [2.05, 4.69) is 33.9 Å². The van der Waals surface area contributed by atoms with E-state index in [0.717, 1.165) is 0 Å². The molecule has 2 atom stereocenters. The summed E-state index contributed by atoms with van der Waals surface area (Å²) in [7, 11) is -2.94. The van der Waals surface area contributed by atoms with E-state index in [0.29, 0.717) is 40.1 Å². The molecule has 2 aromatic carbocycles. The first kappa shape index (κ1) is 29.2. The summed E-state index contributed by atoms with van der Waals surface area (Å²) in [5.41, 5.74) is 0.598. The van der Waals surface area contributed by atoms with Gasteiger partial charge < -0.3 is 18.6 Å². The molecule has 7 nitrogen and oxygen atoms in total. The highest BCUT2D eigenvalue weighted by molar-refractivity contribution is 7.89. The zero-order valence-electron chi connectivity index (χ0n) is 21.8. The highest BCUT2D eigenvalue weighted by atomic mass is 35.5. The summed E-state index contributed by atoms with van der Waals surface area (Å²) in [4.78, 5) is 0.0759. The molecule has 1 fully saturated rings. The SMILES string of the molecule is COc1ccc(S(=O)(=O)N2C[C@@H](CCO[Si](C)(C)C(C)(C)C)OC2c2ccc(Cl)c(Cl)c2)cc1OC. The van der Waals surface area contributed by atoms with Crippen molar-refractivity contribution in [3.8, 4) is 11.5 Å². The quantitative estimate of drug-likeness (QED) is 0.317. The monoisotopic (exact) mass is 575 g/mol. The zero-order valence-corrected chi connectivity index (χ0v) is 25.1. The summed E-state index contributed by atoms with van der Waals surface area (Å²) in [5.74, 6) is 0.764. The molecule has 0 bridgehead atoms. The molecular formula is C25H35Cl2NO6SSi. The molecule has 0 amide bonds. The molecule has 1 aliphatic rings. The second-order valence-electron chi connectivity index (χ2n) is 10.3. The molecule has 2 aromatic rings. The van der Waals surface area contributed by atoms with Crippen LogP contribution in [0.1, 0.15) is 39.0 Å². The smallest absolute Gasteiger partial charge is 0.245 e. The maximum atomic E-state index is 13.8. The lowest BCUT2D eigenvalue weighted by molar-refractivity contribution is 0.0118. The predicted molar refractivity (Wildman–Crippen MR) is 145 cm³/mol. The Labute approximate surface area is 225 Å². The van der Waals surface area contributed by atoms with Crippen molar-refractivity contribution in [1.29, 1.82) is 0 Å². The van der Waals surface area contributed by atoms with E-state index in [9.17, 15) is 8.42 Å². The van der Waals surface area contributed by atoms with Crippen LogP contribution < -0.4 is 9.47 Å². The fraction of sp³-hybridized carbons (Fsp3) is 0.520. The molecule has 0 saturated carbocycles. The largest absolute Gasteiger partial charge is 0.493 e. The van der Waals surface area contributed by atoms with Gasteiger partial charge in [-0.25, -0.2) is 8.42 Å². The molecule has 1 aliphatic heterocycles. The van der Waals surface area contributed by atoms with E-state index < -0.39 is 24.6 Å². The number of hydrogen-bond donors (Lipinski definition) is 0. The van der Waals surface area contributed by atoms with Crippen molar-refractivity contribution < 1.29 is 27.1 Å². The molecule has 0 aliphatic carbocycles. The van der Waals surface area contributed by atoms with Crippen LogP contribution in [0.25, 0.3) is 0 Å². The molecule has 3 rings (SSSR count). The topological polar surface area (TPSA) is 74.3 Å². The lowest BCUT2D eigenvalue weighted by atomic mass is 10.2. The molecular weight excluding hydrogens is 541 g/mol. The van der Waals surface area contributed by atoms with E-state index in [1.54, 1.807) is 24.3 Å². The van der Waals surface area contributed by atoms with Crippen LogP contribution in [0.15, 0.2) is 41.3 Å². The fourth-order valence-corrected chi connectivity index (χ4v) is 6.58. The molecule has 11 heteroatoms. The minimum Gasteiger partial charge on any atom is -0.493 e. The molecule has 0 aromatic heterocycles. The minimum absolute atomic E-state index is 0.0759. The molecule has 1 unspecified atom stereocenters. The minimum atomic E-state index is -3.96. The predicted octanol–water partition coefficient (Wildman–Crippen LogP) is 6.51. The van der Waals surface area contributed by atoms with E-state index in [1.165, 1.54) is 30.7 Å². The first-order valence-corrected chi connectivity index (χ1v) is 16.8. The van der Waals surface area contributed by atoms with Gasteiger partial charge in [-0.3, -0.25) is 0 Å². The summed E-state index contributed by atoms with van der Waals surface area (Å²) >= 11 is 12.4. The summed E-state index contributed by atoms with van der Waals surface area (Å²) < 4.78 is 52.2. The third-order valence-corrected chi connectivity index (χ3v) is 14.0. The van der Waals surface area contributed by atoms with Crippen LogP contribution in [0, 0.1) is 0 Å². The first-order valence-electron chi connectivity index (χ1n) is 11.7. The first-order chi connectivity index (χ1) is 16.7. The van der Waals surface area contributed by atoms with Crippen LogP contribution in [-0.4, -0.2) is 54.5 Å². The number of benzene rings is 2. The number of halogens is 2. The van der Waals surface area contributed by atoms with Crippen LogP contribution in [0.3, 0.4) is 0 Å². The summed E-state index contributed by atoms with van der Waals surface area (Å²) in [5, 5.41) is 0.785. The van der Waals surface area contributed by atoms with Gasteiger partial charge in [-0.05, 0) is 54.4 Å². The molecule has 36 heavy (non-hydrogen) atoms. The number of methoxy groups -OCH3 is 2. The van der Waals surface area contributed by atoms with Crippen molar-refractivity contribution >= 4 is 41.5 Å². The Kier molecular flexibility index (Phi) is 9.08. The maximum Gasteiger partial charge on any atom is 0.245 e. The Morgan fingerprint density at radius 3 is 2.28 bits per heavy atom. The Morgan fingerprint density at radius 1 is 1.03 bits per heavy atom. The highest BCUT2D eigenvalue weighted by Gasteiger charge is 2.43. The van der Waals surface area contributed by atoms with Crippen LogP contribution in [0.5, 0.6) is 11.5 Å². The second kappa shape index (κ2) is 11.2. The van der Waals surface area contributed by atoms with Crippen molar-refractivity contribution in [2.45, 2.75) is 62.6 Å². The van der Waals surface area contributed by atoms with Crippen molar-refractivity contribution in [2.24, 2.45) is 0 Å². The Morgan fingerprint density at radius 2 is 1.69 bits per heavy atom. The van der Waals surface area contributed by atoms with Crippen LogP contribution >= 0.6 is 23.2 Å². The molecule has 1 heterocycles. The van der Waals surface area contributed by atoms with Gasteiger partial charge in [0.2, 0.25) is 10.0 Å². The highest BCUT2D eigenvalue weighted by Crippen LogP contribution is 2.40. The molecule has 0 radical (unpaired) electrons. The molecule has 200 valence electrons. The number of ether oxygens (including phenoxy) is 3. The third kappa shape index (κ3) is 6.20. The van der Waals surface area contributed by atoms with Gasteiger partial charge in [0.1, 0.15) is 0 Å². The van der Waals surface area contributed by atoms with Gasteiger partial charge in [0.25, 0.3) is 0 Å². The van der Waals surface area contributed by atoms with Crippen LogP contribution in [-0.2, 0) is 19.2 Å². The fourth-order valence-electron chi connectivity index (χ4n) is 3.66. The van der Waals surface area contributed by atoms with Gasteiger partial charge in [-0.2, -0.15) is 4.31 Å². The Balaban J connectivity index is 1.91. The lowest BCUT2D eigenvalue weighted by Gasteiger charge is -2.36. The summed E-state index contributed by atoms with van der Waals surface area (Å²) in [6.45, 7) is 11.6. The van der Waals surface area contributed by atoms with Gasteiger partial charge in [-0.15, -0.1) is 0 Å². The van der Waals surface area contributed by atoms with Gasteiger partial charge in [-0.1, -0.05) is 50.0 Å². The van der Waals surface area contributed by atoms with Crippen molar-refractivity contribution in [3.63, 3.8) is 0 Å². The van der Waals surface area contributed by atoms with E-state index in [4.69, 9.17) is 41.8 Å². The Hall–Kier alpha value is -1.33. The van der Waals surface area contributed by atoms with Crippen molar-refractivity contribution in [3.05, 3.63) is 52.0 Å². The van der Waals surface area contributed by atoms with Crippen LogP contribution in [0.4, 0.5) is 0 Å². The Bertz CT molecular complexity index is 1190. The molecule has 0 N–H and O–H groups in total. The number of hydrogen-bond acceptors (Lipinski definition) is 6. The number of sulfonamides is 1. The average Bonchev–Trinajstić information content (AvgIpc) is 3.24. The van der Waals surface area contributed by atoms with E-state index in [-0.39, 0.29) is 22.6 Å². The number of nitrogens with zero attached hydrogens (tertiary/aromatic N) is 1. The van der Waals surface area contributed by atoms with E-state index >= 15 is 0 Å². The standard InChI is InChI=1S/C25H35Cl2NO6SSi/c1-25(2,3)36(6,7)33-13-12-18-16-28(24(34-18)17-8-10-20(26)21(27)14-17)35(29,30)19-9-11-22(31-4)23(15-19)32-5/h8-11,14-15,18,24H,12-13,16H2,1-7H3/t18-,24?/m1/s1. The zero-order chi connectivity index (χ0) is 26.9. The molecule has 0 spiro atoms. The normalized spacial score (nSPS) is 19.5. The van der Waals surface area contributed by atoms with Gasteiger partial charge in [0, 0.05) is 19.2 Å². The van der Waals surface area contributed by atoms with E-state index in [1.807, 2.05) is 0 Å². The summed E-state index contributed by atoms with van der Waals surface area (Å²) in [6.07, 6.45) is -0.665. The van der Waals surface area contributed by atoms with Gasteiger partial charge in [0.05, 0.1) is 35.3 Å². The second-order valence-corrected chi connectivity index (χ2v) is 17.8. The maximum absolute atomic E-state index is 13.8. The van der Waals surface area contributed by atoms with Crippen LogP contribution in [0.2, 0.25) is 28.2 Å². The number of rotatable bonds is 9. The summed E-state index contributed by atoms with van der Waals surface area (Å²) in [6, 6.07) is 9.52. The molecule has 1 saturated heterocycles. The average molecular weight is 577 g/mol. The van der Waals surface area contributed by atoms with Gasteiger partial charge >= 0.3 is 0 Å². The van der Waals surface area contributed by atoms with Gasteiger partial charge in [0.15, 0.2) is 26.0 Å². The lowest BCUT2D eigenvalue weighted by Crippen LogP contribution is -2.41.